The van der Waals surface area contributed by atoms with Gasteiger partial charge in [-0.2, -0.15) is 0 Å². The van der Waals surface area contributed by atoms with Gasteiger partial charge >= 0.3 is 0 Å². The van der Waals surface area contributed by atoms with Crippen molar-refractivity contribution in [3.8, 4) is 5.75 Å². The van der Waals surface area contributed by atoms with Crippen LogP contribution in [0.3, 0.4) is 0 Å². The van der Waals surface area contributed by atoms with E-state index in [1.54, 1.807) is 25.6 Å². The van der Waals surface area contributed by atoms with Gasteiger partial charge in [0.25, 0.3) is 0 Å². The summed E-state index contributed by atoms with van der Waals surface area (Å²) in [5.74, 6) is 0.778. The zero-order valence-corrected chi connectivity index (χ0v) is 18.8. The Bertz CT molecular complexity index is 814. The Balaban J connectivity index is 1.81. The highest BCUT2D eigenvalue weighted by Gasteiger charge is 2.02. The lowest BCUT2D eigenvalue weighted by Gasteiger charge is -2.09. The summed E-state index contributed by atoms with van der Waals surface area (Å²) in [5.41, 5.74) is 3.40. The number of carbonyl (C=O) groups excluding carboxylic acids is 1. The first-order valence-corrected chi connectivity index (χ1v) is 11.2. The van der Waals surface area contributed by atoms with Gasteiger partial charge in [0.05, 0.1) is 12.8 Å². The van der Waals surface area contributed by atoms with Crippen molar-refractivity contribution < 1.29 is 9.53 Å². The van der Waals surface area contributed by atoms with E-state index in [0.717, 1.165) is 37.2 Å². The Morgan fingerprint density at radius 2 is 1.90 bits per heavy atom. The van der Waals surface area contributed by atoms with E-state index in [1.807, 2.05) is 30.3 Å². The molecule has 5 heteroatoms. The molecule has 1 aromatic heterocycles. The SMILES string of the molecule is CCCCCCC(=CC=CC(=O)NCCCNc1cccnc1)c1ccc(OC)cc1. The van der Waals surface area contributed by atoms with Gasteiger partial charge < -0.3 is 15.4 Å². The lowest BCUT2D eigenvalue weighted by molar-refractivity contribution is -0.116. The van der Waals surface area contributed by atoms with Gasteiger partial charge in [0, 0.05) is 31.6 Å². The normalized spacial score (nSPS) is 11.5. The molecule has 2 N–H and O–H groups in total. The minimum Gasteiger partial charge on any atom is -0.497 e. The number of ether oxygens (including phenoxy) is 1. The number of amides is 1. The van der Waals surface area contributed by atoms with E-state index in [9.17, 15) is 4.79 Å². The summed E-state index contributed by atoms with van der Waals surface area (Å²) < 4.78 is 5.26. The molecule has 0 spiro atoms. The van der Waals surface area contributed by atoms with Crippen LogP contribution in [0.2, 0.25) is 0 Å². The van der Waals surface area contributed by atoms with E-state index in [2.05, 4.69) is 40.8 Å². The van der Waals surface area contributed by atoms with Gasteiger partial charge in [0.15, 0.2) is 0 Å². The summed E-state index contributed by atoms with van der Waals surface area (Å²) in [6, 6.07) is 12.0. The number of anilines is 1. The highest BCUT2D eigenvalue weighted by atomic mass is 16.5. The van der Waals surface area contributed by atoms with Crippen molar-refractivity contribution in [1.82, 2.24) is 10.3 Å². The van der Waals surface area contributed by atoms with Crippen LogP contribution in [0.4, 0.5) is 5.69 Å². The summed E-state index contributed by atoms with van der Waals surface area (Å²) in [7, 11) is 1.67. The van der Waals surface area contributed by atoms with Crippen LogP contribution in [0.1, 0.15) is 51.0 Å². The molecule has 5 nitrogen and oxygen atoms in total. The van der Waals surface area contributed by atoms with Gasteiger partial charge in [-0.3, -0.25) is 9.78 Å². The molecule has 0 saturated heterocycles. The molecular weight excluding hydrogens is 386 g/mol. The van der Waals surface area contributed by atoms with E-state index in [4.69, 9.17) is 4.74 Å². The minimum atomic E-state index is -0.0716. The second kappa shape index (κ2) is 14.8. The molecule has 0 fully saturated rings. The number of benzene rings is 1. The molecule has 0 aliphatic carbocycles. The second-order valence-electron chi connectivity index (χ2n) is 7.40. The summed E-state index contributed by atoms with van der Waals surface area (Å²) in [6.45, 7) is 3.63. The molecule has 0 unspecified atom stereocenters. The van der Waals surface area contributed by atoms with Crippen LogP contribution in [0.5, 0.6) is 5.75 Å². The minimum absolute atomic E-state index is 0.0716. The first-order valence-electron chi connectivity index (χ1n) is 11.2. The van der Waals surface area contributed by atoms with Gasteiger partial charge in [-0.05, 0) is 54.7 Å². The maximum Gasteiger partial charge on any atom is 0.243 e. The third-order valence-corrected chi connectivity index (χ3v) is 4.95. The molecule has 0 atom stereocenters. The third kappa shape index (κ3) is 9.98. The van der Waals surface area contributed by atoms with Crippen molar-refractivity contribution in [3.63, 3.8) is 0 Å². The maximum absolute atomic E-state index is 12.1. The predicted molar refractivity (Wildman–Crippen MR) is 129 cm³/mol. The van der Waals surface area contributed by atoms with Gasteiger partial charge in [-0.15, -0.1) is 0 Å². The van der Waals surface area contributed by atoms with Crippen molar-refractivity contribution in [2.45, 2.75) is 45.4 Å². The Morgan fingerprint density at radius 3 is 2.61 bits per heavy atom. The number of allylic oxidation sites excluding steroid dienone is 3. The standard InChI is InChI=1S/C26H35N3O2/c1-3-4-5-6-10-22(23-14-16-25(31-2)17-15-23)11-7-13-26(30)29-20-9-19-28-24-12-8-18-27-21-24/h7-8,11-18,21,28H,3-6,9-10,19-20H2,1-2H3,(H,29,30). The van der Waals surface area contributed by atoms with Crippen LogP contribution in [0.25, 0.3) is 5.57 Å². The Labute approximate surface area is 186 Å². The first kappa shape index (κ1) is 24.2. The van der Waals surface area contributed by atoms with Crippen LogP contribution in [0, 0.1) is 0 Å². The number of carbonyl (C=O) groups is 1. The Kier molecular flexibility index (Phi) is 11.6. The highest BCUT2D eigenvalue weighted by Crippen LogP contribution is 2.24. The molecule has 0 aliphatic heterocycles. The molecule has 0 saturated carbocycles. The summed E-state index contributed by atoms with van der Waals surface area (Å²) in [5, 5.41) is 6.21. The molecule has 1 heterocycles. The van der Waals surface area contributed by atoms with Gasteiger partial charge in [-0.1, -0.05) is 50.5 Å². The molecule has 1 amide bonds. The van der Waals surface area contributed by atoms with E-state index >= 15 is 0 Å². The summed E-state index contributed by atoms with van der Waals surface area (Å²) in [6.07, 6.45) is 15.7. The van der Waals surface area contributed by atoms with E-state index in [0.29, 0.717) is 6.54 Å². The average Bonchev–Trinajstić information content (AvgIpc) is 2.81. The molecule has 2 aromatic rings. The smallest absolute Gasteiger partial charge is 0.243 e. The van der Waals surface area contributed by atoms with Gasteiger partial charge in [0.1, 0.15) is 5.75 Å². The van der Waals surface area contributed by atoms with Crippen LogP contribution in [-0.4, -0.2) is 31.1 Å². The van der Waals surface area contributed by atoms with Crippen molar-refractivity contribution in [2.24, 2.45) is 0 Å². The zero-order valence-electron chi connectivity index (χ0n) is 18.8. The van der Waals surface area contributed by atoms with E-state index < -0.39 is 0 Å². The van der Waals surface area contributed by atoms with E-state index in [-0.39, 0.29) is 5.91 Å². The van der Waals surface area contributed by atoms with Crippen LogP contribution in [0.15, 0.2) is 67.0 Å². The van der Waals surface area contributed by atoms with Crippen LogP contribution in [-0.2, 0) is 4.79 Å². The fourth-order valence-corrected chi connectivity index (χ4v) is 3.18. The van der Waals surface area contributed by atoms with Crippen LogP contribution >= 0.6 is 0 Å². The molecule has 1 aromatic carbocycles. The highest BCUT2D eigenvalue weighted by molar-refractivity contribution is 5.88. The monoisotopic (exact) mass is 421 g/mol. The number of unbranched alkanes of at least 4 members (excludes halogenated alkanes) is 3. The number of methoxy groups -OCH3 is 1. The third-order valence-electron chi connectivity index (χ3n) is 4.95. The number of nitrogens with one attached hydrogen (secondary N) is 2. The number of hydrogen-bond donors (Lipinski definition) is 2. The summed E-state index contributed by atoms with van der Waals surface area (Å²) in [4.78, 5) is 16.2. The predicted octanol–water partition coefficient (Wildman–Crippen LogP) is 5.62. The van der Waals surface area contributed by atoms with Crippen molar-refractivity contribution in [1.29, 1.82) is 0 Å². The molecule has 0 bridgehead atoms. The summed E-state index contributed by atoms with van der Waals surface area (Å²) >= 11 is 0. The fraction of sp³-hybridized carbons (Fsp3) is 0.385. The average molecular weight is 422 g/mol. The Hall–Kier alpha value is -3.08. The van der Waals surface area contributed by atoms with Gasteiger partial charge in [-0.25, -0.2) is 0 Å². The quantitative estimate of drug-likeness (QED) is 0.236. The van der Waals surface area contributed by atoms with Crippen LogP contribution < -0.4 is 15.4 Å². The van der Waals surface area contributed by atoms with Gasteiger partial charge in [0.2, 0.25) is 5.91 Å². The van der Waals surface area contributed by atoms with E-state index in [1.165, 1.54) is 30.4 Å². The number of nitrogens with zero attached hydrogens (tertiary/aromatic N) is 1. The molecule has 166 valence electrons. The zero-order chi connectivity index (χ0) is 22.2. The molecule has 31 heavy (non-hydrogen) atoms. The lowest BCUT2D eigenvalue weighted by atomic mass is 9.98. The number of pyridine rings is 1. The topological polar surface area (TPSA) is 63.2 Å². The van der Waals surface area contributed by atoms with Crippen molar-refractivity contribution in [3.05, 3.63) is 72.6 Å². The lowest BCUT2D eigenvalue weighted by Crippen LogP contribution is -2.23. The molecular formula is C26H35N3O2. The molecule has 0 radical (unpaired) electrons. The first-order chi connectivity index (χ1) is 15.2. The number of aromatic nitrogens is 1. The fourth-order valence-electron chi connectivity index (χ4n) is 3.18. The number of rotatable bonds is 14. The van der Waals surface area contributed by atoms with Crippen molar-refractivity contribution in [2.75, 3.05) is 25.5 Å². The number of hydrogen-bond acceptors (Lipinski definition) is 4. The van der Waals surface area contributed by atoms with Crippen molar-refractivity contribution >= 4 is 17.2 Å². The Morgan fingerprint density at radius 1 is 1.06 bits per heavy atom. The largest absolute Gasteiger partial charge is 0.497 e. The molecule has 2 rings (SSSR count). The second-order valence-corrected chi connectivity index (χ2v) is 7.40. The maximum atomic E-state index is 12.1. The molecule has 0 aliphatic rings.